The number of imidazole rings is 1. The first-order valence-corrected chi connectivity index (χ1v) is 11.2. The molecule has 1 aromatic carbocycles. The molecule has 0 atom stereocenters. The Hall–Kier alpha value is -3.82. The fraction of sp³-hybridized carbons (Fsp3) is 0.333. The molecule has 0 aliphatic carbocycles. The zero-order valence-corrected chi connectivity index (χ0v) is 18.6. The summed E-state index contributed by atoms with van der Waals surface area (Å²) in [6.45, 7) is 2.84. The van der Waals surface area contributed by atoms with Gasteiger partial charge in [0.25, 0.3) is 5.91 Å². The highest BCUT2D eigenvalue weighted by Gasteiger charge is 2.22. The molecule has 0 spiro atoms. The summed E-state index contributed by atoms with van der Waals surface area (Å²) < 4.78 is 26.4. The van der Waals surface area contributed by atoms with Gasteiger partial charge in [-0.25, -0.2) is 18.7 Å². The maximum atomic E-state index is 13.3. The molecule has 1 saturated heterocycles. The number of pyridine rings is 1. The van der Waals surface area contributed by atoms with E-state index in [2.05, 4.69) is 25.2 Å². The van der Waals surface area contributed by atoms with Crippen LogP contribution >= 0.6 is 0 Å². The smallest absolute Gasteiger partial charge is 0.252 e. The standard InChI is InChI=1S/C24H26F2N6O2/c25-20-4-1-17(13-21(20)26)2-6-23(33)32-11-9-31(10-12-32)22-5-3-18(14-29-22)24(34)28-8-7-19-15-27-16-30-19/h1,3-5,13-16H,2,6-12H2,(H,27,30)(H,28,34). The van der Waals surface area contributed by atoms with Crippen LogP contribution in [0.3, 0.4) is 0 Å². The number of aromatic nitrogens is 3. The van der Waals surface area contributed by atoms with Crippen molar-refractivity contribution in [3.05, 3.63) is 77.5 Å². The summed E-state index contributed by atoms with van der Waals surface area (Å²) >= 11 is 0. The first-order chi connectivity index (χ1) is 16.5. The monoisotopic (exact) mass is 468 g/mol. The summed E-state index contributed by atoms with van der Waals surface area (Å²) in [5.41, 5.74) is 2.04. The first kappa shape index (κ1) is 23.3. The Morgan fingerprint density at radius 2 is 1.82 bits per heavy atom. The van der Waals surface area contributed by atoms with Gasteiger partial charge in [0.1, 0.15) is 5.82 Å². The van der Waals surface area contributed by atoms with Crippen LogP contribution in [0.1, 0.15) is 28.0 Å². The lowest BCUT2D eigenvalue weighted by molar-refractivity contribution is -0.131. The van der Waals surface area contributed by atoms with E-state index in [1.807, 2.05) is 6.07 Å². The fourth-order valence-electron chi connectivity index (χ4n) is 3.83. The second-order valence-corrected chi connectivity index (χ2v) is 8.10. The van der Waals surface area contributed by atoms with E-state index in [1.54, 1.807) is 29.7 Å². The van der Waals surface area contributed by atoms with Crippen molar-refractivity contribution in [1.29, 1.82) is 0 Å². The van der Waals surface area contributed by atoms with Crippen LogP contribution < -0.4 is 10.2 Å². The topological polar surface area (TPSA) is 94.2 Å². The summed E-state index contributed by atoms with van der Waals surface area (Å²) in [6, 6.07) is 7.27. The molecule has 2 aromatic heterocycles. The molecule has 0 radical (unpaired) electrons. The minimum Gasteiger partial charge on any atom is -0.353 e. The number of carbonyl (C=O) groups is 2. The van der Waals surface area contributed by atoms with E-state index >= 15 is 0 Å². The molecule has 4 rings (SSSR count). The molecule has 1 aliphatic heterocycles. The van der Waals surface area contributed by atoms with E-state index in [-0.39, 0.29) is 18.2 Å². The van der Waals surface area contributed by atoms with E-state index in [4.69, 9.17) is 0 Å². The molecule has 3 heterocycles. The number of aryl methyl sites for hydroxylation is 1. The zero-order chi connectivity index (χ0) is 23.9. The molecule has 3 aromatic rings. The number of H-pyrrole nitrogens is 1. The normalized spacial score (nSPS) is 13.7. The number of amides is 2. The van der Waals surface area contributed by atoms with Crippen molar-refractivity contribution in [2.75, 3.05) is 37.6 Å². The van der Waals surface area contributed by atoms with Gasteiger partial charge >= 0.3 is 0 Å². The number of nitrogens with one attached hydrogen (secondary N) is 2. The molecule has 1 fully saturated rings. The number of carbonyl (C=O) groups excluding carboxylic acids is 2. The quantitative estimate of drug-likeness (QED) is 0.529. The van der Waals surface area contributed by atoms with Crippen LogP contribution in [0.25, 0.3) is 0 Å². The number of hydrogen-bond acceptors (Lipinski definition) is 5. The molecule has 10 heteroatoms. The number of benzene rings is 1. The van der Waals surface area contributed by atoms with E-state index in [0.717, 1.165) is 23.6 Å². The Kier molecular flexibility index (Phi) is 7.46. The first-order valence-electron chi connectivity index (χ1n) is 11.2. The molecule has 0 saturated carbocycles. The van der Waals surface area contributed by atoms with Crippen LogP contribution in [0.4, 0.5) is 14.6 Å². The van der Waals surface area contributed by atoms with Gasteiger partial charge < -0.3 is 20.1 Å². The lowest BCUT2D eigenvalue weighted by Gasteiger charge is -2.35. The van der Waals surface area contributed by atoms with Crippen LogP contribution in [-0.4, -0.2) is 64.4 Å². The van der Waals surface area contributed by atoms with Gasteiger partial charge in [-0.05, 0) is 36.2 Å². The average molecular weight is 469 g/mol. The highest BCUT2D eigenvalue weighted by molar-refractivity contribution is 5.94. The van der Waals surface area contributed by atoms with Crippen molar-refractivity contribution in [1.82, 2.24) is 25.2 Å². The predicted octanol–water partition coefficient (Wildman–Crippen LogP) is 2.34. The summed E-state index contributed by atoms with van der Waals surface area (Å²) in [7, 11) is 0. The number of nitrogens with zero attached hydrogens (tertiary/aromatic N) is 4. The molecule has 34 heavy (non-hydrogen) atoms. The summed E-state index contributed by atoms with van der Waals surface area (Å²) in [4.78, 5) is 40.0. The predicted molar refractivity (Wildman–Crippen MR) is 122 cm³/mol. The highest BCUT2D eigenvalue weighted by atomic mass is 19.2. The third-order valence-electron chi connectivity index (χ3n) is 5.81. The second kappa shape index (κ2) is 10.9. The summed E-state index contributed by atoms with van der Waals surface area (Å²) in [6.07, 6.45) is 6.16. The van der Waals surface area contributed by atoms with Gasteiger partial charge in [0.05, 0.1) is 11.9 Å². The van der Waals surface area contributed by atoms with E-state index in [9.17, 15) is 18.4 Å². The number of aromatic amines is 1. The third kappa shape index (κ3) is 5.94. The molecule has 0 unspecified atom stereocenters. The maximum Gasteiger partial charge on any atom is 0.252 e. The minimum atomic E-state index is -0.899. The van der Waals surface area contributed by atoms with Crippen LogP contribution in [-0.2, 0) is 17.6 Å². The van der Waals surface area contributed by atoms with E-state index in [1.165, 1.54) is 6.07 Å². The lowest BCUT2D eigenvalue weighted by atomic mass is 10.1. The van der Waals surface area contributed by atoms with Gasteiger partial charge in [-0.2, -0.15) is 0 Å². The van der Waals surface area contributed by atoms with Gasteiger partial charge in [0, 0.05) is 63.7 Å². The van der Waals surface area contributed by atoms with Gasteiger partial charge in [0.2, 0.25) is 5.91 Å². The minimum absolute atomic E-state index is 0.0144. The SMILES string of the molecule is O=C(NCCc1cnc[nH]1)c1ccc(N2CCN(C(=O)CCc3ccc(F)c(F)c3)CC2)nc1. The van der Waals surface area contributed by atoms with Crippen LogP contribution in [0.2, 0.25) is 0 Å². The highest BCUT2D eigenvalue weighted by Crippen LogP contribution is 2.16. The average Bonchev–Trinajstić information content (AvgIpc) is 3.38. The largest absolute Gasteiger partial charge is 0.353 e. The Labute approximate surface area is 196 Å². The van der Waals surface area contributed by atoms with Crippen molar-refractivity contribution in [3.63, 3.8) is 0 Å². The van der Waals surface area contributed by atoms with Crippen molar-refractivity contribution in [3.8, 4) is 0 Å². The van der Waals surface area contributed by atoms with Crippen molar-refractivity contribution in [2.24, 2.45) is 0 Å². The number of piperazine rings is 1. The molecule has 178 valence electrons. The molecule has 8 nitrogen and oxygen atoms in total. The number of hydrogen-bond donors (Lipinski definition) is 2. The second-order valence-electron chi connectivity index (χ2n) is 8.10. The molecule has 2 N–H and O–H groups in total. The number of rotatable bonds is 8. The van der Waals surface area contributed by atoms with E-state index in [0.29, 0.717) is 56.7 Å². The molecule has 2 amide bonds. The zero-order valence-electron chi connectivity index (χ0n) is 18.6. The molecule has 0 bridgehead atoms. The number of halogens is 2. The Bertz CT molecular complexity index is 1110. The third-order valence-corrected chi connectivity index (χ3v) is 5.81. The van der Waals surface area contributed by atoms with Crippen LogP contribution in [0.15, 0.2) is 49.1 Å². The van der Waals surface area contributed by atoms with Crippen LogP contribution in [0.5, 0.6) is 0 Å². The van der Waals surface area contributed by atoms with E-state index < -0.39 is 11.6 Å². The maximum absolute atomic E-state index is 13.3. The van der Waals surface area contributed by atoms with Crippen LogP contribution in [0, 0.1) is 11.6 Å². The lowest BCUT2D eigenvalue weighted by Crippen LogP contribution is -2.49. The van der Waals surface area contributed by atoms with Gasteiger partial charge in [-0.3, -0.25) is 9.59 Å². The summed E-state index contributed by atoms with van der Waals surface area (Å²) in [5.74, 6) is -1.24. The number of anilines is 1. The van der Waals surface area contributed by atoms with Crippen molar-refractivity contribution < 1.29 is 18.4 Å². The van der Waals surface area contributed by atoms with Gasteiger partial charge in [-0.1, -0.05) is 6.07 Å². The fourth-order valence-corrected chi connectivity index (χ4v) is 3.83. The molecular formula is C24H26F2N6O2. The van der Waals surface area contributed by atoms with Gasteiger partial charge in [0.15, 0.2) is 11.6 Å². The molecular weight excluding hydrogens is 442 g/mol. The van der Waals surface area contributed by atoms with Crippen molar-refractivity contribution in [2.45, 2.75) is 19.3 Å². The Balaban J connectivity index is 1.21. The summed E-state index contributed by atoms with van der Waals surface area (Å²) in [5, 5.41) is 2.86. The molecule has 1 aliphatic rings. The van der Waals surface area contributed by atoms with Crippen molar-refractivity contribution >= 4 is 17.6 Å². The Morgan fingerprint density at radius 3 is 2.50 bits per heavy atom. The van der Waals surface area contributed by atoms with Gasteiger partial charge in [-0.15, -0.1) is 0 Å². The Morgan fingerprint density at radius 1 is 1.00 bits per heavy atom.